The Labute approximate surface area is 119 Å². The minimum absolute atomic E-state index is 0.480. The number of hydrogen-bond donors (Lipinski definition) is 1. The van der Waals surface area contributed by atoms with Crippen molar-refractivity contribution in [2.75, 3.05) is 13.1 Å². The van der Waals surface area contributed by atoms with Crippen LogP contribution in [0.3, 0.4) is 0 Å². The van der Waals surface area contributed by atoms with Gasteiger partial charge in [-0.3, -0.25) is 4.90 Å². The molecule has 19 heavy (non-hydrogen) atoms. The maximum absolute atomic E-state index is 3.89. The van der Waals surface area contributed by atoms with Crippen molar-refractivity contribution >= 4 is 0 Å². The standard InChI is InChI=1S/C17H32N2/c1-14-12-18-17(9-4-5-10-17)13-19(14)15-7-6-8-16(2,3)11-15/h14-15,18H,4-13H2,1-3H3. The highest BCUT2D eigenvalue weighted by atomic mass is 15.3. The largest absolute Gasteiger partial charge is 0.308 e. The molecular formula is C17H32N2. The minimum Gasteiger partial charge on any atom is -0.308 e. The van der Waals surface area contributed by atoms with E-state index < -0.39 is 0 Å². The van der Waals surface area contributed by atoms with Crippen LogP contribution in [0, 0.1) is 5.41 Å². The molecule has 0 aromatic carbocycles. The average molecular weight is 264 g/mol. The van der Waals surface area contributed by atoms with Crippen LogP contribution < -0.4 is 5.32 Å². The minimum atomic E-state index is 0.480. The normalized spacial score (nSPS) is 38.7. The molecule has 2 saturated carbocycles. The fraction of sp³-hybridized carbons (Fsp3) is 1.00. The molecule has 3 fully saturated rings. The Morgan fingerprint density at radius 2 is 1.79 bits per heavy atom. The maximum Gasteiger partial charge on any atom is 0.0309 e. The van der Waals surface area contributed by atoms with E-state index in [-0.39, 0.29) is 0 Å². The van der Waals surface area contributed by atoms with Gasteiger partial charge < -0.3 is 5.32 Å². The van der Waals surface area contributed by atoms with Crippen LogP contribution in [-0.2, 0) is 0 Å². The lowest BCUT2D eigenvalue weighted by Gasteiger charge is -2.51. The van der Waals surface area contributed by atoms with E-state index in [0.717, 1.165) is 12.1 Å². The summed E-state index contributed by atoms with van der Waals surface area (Å²) >= 11 is 0. The number of nitrogens with one attached hydrogen (secondary N) is 1. The van der Waals surface area contributed by atoms with E-state index in [1.54, 1.807) is 0 Å². The van der Waals surface area contributed by atoms with Gasteiger partial charge in [0.25, 0.3) is 0 Å². The predicted molar refractivity (Wildman–Crippen MR) is 81.4 cm³/mol. The first kappa shape index (κ1) is 13.9. The molecule has 110 valence electrons. The lowest BCUT2D eigenvalue weighted by molar-refractivity contribution is 0.0122. The zero-order valence-corrected chi connectivity index (χ0v) is 13.2. The molecule has 1 heterocycles. The molecule has 3 aliphatic rings. The average Bonchev–Trinajstić information content (AvgIpc) is 2.80. The van der Waals surface area contributed by atoms with Crippen LogP contribution in [0.1, 0.15) is 72.1 Å². The third-order valence-electron chi connectivity index (χ3n) is 6.03. The monoisotopic (exact) mass is 264 g/mol. The Hall–Kier alpha value is -0.0800. The Balaban J connectivity index is 1.71. The molecule has 0 aromatic heterocycles. The second kappa shape index (κ2) is 5.04. The molecule has 2 nitrogen and oxygen atoms in total. The summed E-state index contributed by atoms with van der Waals surface area (Å²) in [5.74, 6) is 0. The molecule has 1 aliphatic heterocycles. The second-order valence-corrected chi connectivity index (χ2v) is 8.30. The number of piperazine rings is 1. The van der Waals surface area contributed by atoms with Gasteiger partial charge in [-0.2, -0.15) is 0 Å². The van der Waals surface area contributed by atoms with Gasteiger partial charge in [0.1, 0.15) is 0 Å². The summed E-state index contributed by atoms with van der Waals surface area (Å²) in [4.78, 5) is 2.88. The highest BCUT2D eigenvalue weighted by molar-refractivity contribution is 5.02. The van der Waals surface area contributed by atoms with Gasteiger partial charge in [0.05, 0.1) is 0 Å². The second-order valence-electron chi connectivity index (χ2n) is 8.30. The van der Waals surface area contributed by atoms with Crippen LogP contribution in [0.2, 0.25) is 0 Å². The highest BCUT2D eigenvalue weighted by Crippen LogP contribution is 2.40. The summed E-state index contributed by atoms with van der Waals surface area (Å²) in [5.41, 5.74) is 1.05. The summed E-state index contributed by atoms with van der Waals surface area (Å²) in [6.45, 7) is 9.89. The van der Waals surface area contributed by atoms with Crippen LogP contribution in [-0.4, -0.2) is 35.6 Å². The van der Waals surface area contributed by atoms with E-state index in [0.29, 0.717) is 11.0 Å². The molecule has 0 aromatic rings. The SMILES string of the molecule is CC1CNC2(CCCC2)CN1C1CCCC(C)(C)C1. The first-order valence-corrected chi connectivity index (χ1v) is 8.51. The van der Waals surface area contributed by atoms with Gasteiger partial charge in [-0.25, -0.2) is 0 Å². The molecule has 0 radical (unpaired) electrons. The first-order chi connectivity index (χ1) is 9.00. The summed E-state index contributed by atoms with van der Waals surface area (Å²) in [5, 5.41) is 3.89. The Kier molecular flexibility index (Phi) is 3.68. The Morgan fingerprint density at radius 1 is 1.05 bits per heavy atom. The van der Waals surface area contributed by atoms with Gasteiger partial charge in [-0.15, -0.1) is 0 Å². The van der Waals surface area contributed by atoms with Crippen molar-refractivity contribution in [3.05, 3.63) is 0 Å². The molecule has 1 N–H and O–H groups in total. The van der Waals surface area contributed by atoms with Gasteiger partial charge in [0, 0.05) is 30.7 Å². The molecule has 1 saturated heterocycles. The van der Waals surface area contributed by atoms with Crippen LogP contribution in [0.5, 0.6) is 0 Å². The Bertz CT molecular complexity index is 317. The molecular weight excluding hydrogens is 232 g/mol. The molecule has 2 unspecified atom stereocenters. The van der Waals surface area contributed by atoms with Gasteiger partial charge in [0.2, 0.25) is 0 Å². The summed E-state index contributed by atoms with van der Waals surface area (Å²) in [7, 11) is 0. The summed E-state index contributed by atoms with van der Waals surface area (Å²) in [6.07, 6.45) is 11.4. The number of nitrogens with zero attached hydrogens (tertiary/aromatic N) is 1. The molecule has 3 rings (SSSR count). The van der Waals surface area contributed by atoms with Crippen LogP contribution >= 0.6 is 0 Å². The Morgan fingerprint density at radius 3 is 2.47 bits per heavy atom. The molecule has 0 amide bonds. The number of hydrogen-bond acceptors (Lipinski definition) is 2. The third kappa shape index (κ3) is 2.85. The van der Waals surface area contributed by atoms with Crippen molar-refractivity contribution < 1.29 is 0 Å². The van der Waals surface area contributed by atoms with E-state index in [9.17, 15) is 0 Å². The lowest BCUT2D eigenvalue weighted by Crippen LogP contribution is -2.65. The van der Waals surface area contributed by atoms with Crippen LogP contribution in [0.4, 0.5) is 0 Å². The van der Waals surface area contributed by atoms with E-state index in [1.165, 1.54) is 64.5 Å². The number of rotatable bonds is 1. The molecule has 2 atom stereocenters. The van der Waals surface area contributed by atoms with Crippen LogP contribution in [0.15, 0.2) is 0 Å². The van der Waals surface area contributed by atoms with Crippen molar-refractivity contribution in [3.8, 4) is 0 Å². The van der Waals surface area contributed by atoms with Crippen LogP contribution in [0.25, 0.3) is 0 Å². The quantitative estimate of drug-likeness (QED) is 0.779. The first-order valence-electron chi connectivity index (χ1n) is 8.51. The maximum atomic E-state index is 3.89. The van der Waals surface area contributed by atoms with Crippen molar-refractivity contribution in [3.63, 3.8) is 0 Å². The van der Waals surface area contributed by atoms with E-state index in [2.05, 4.69) is 31.0 Å². The lowest BCUT2D eigenvalue weighted by atomic mass is 9.74. The zero-order valence-electron chi connectivity index (χ0n) is 13.2. The predicted octanol–water partition coefficient (Wildman–Crippen LogP) is 3.56. The highest BCUT2D eigenvalue weighted by Gasteiger charge is 2.43. The third-order valence-corrected chi connectivity index (χ3v) is 6.03. The van der Waals surface area contributed by atoms with Gasteiger partial charge in [0.15, 0.2) is 0 Å². The molecule has 2 heteroatoms. The van der Waals surface area contributed by atoms with Crippen molar-refractivity contribution in [2.45, 2.75) is 89.8 Å². The summed E-state index contributed by atoms with van der Waals surface area (Å²) in [6, 6.07) is 1.57. The fourth-order valence-electron chi connectivity index (χ4n) is 4.86. The fourth-order valence-corrected chi connectivity index (χ4v) is 4.86. The molecule has 0 bridgehead atoms. The van der Waals surface area contributed by atoms with E-state index in [1.807, 2.05) is 0 Å². The van der Waals surface area contributed by atoms with Gasteiger partial charge in [-0.1, -0.05) is 33.1 Å². The van der Waals surface area contributed by atoms with E-state index in [4.69, 9.17) is 0 Å². The van der Waals surface area contributed by atoms with Crippen molar-refractivity contribution in [2.24, 2.45) is 5.41 Å². The van der Waals surface area contributed by atoms with E-state index >= 15 is 0 Å². The van der Waals surface area contributed by atoms with Crippen molar-refractivity contribution in [1.29, 1.82) is 0 Å². The topological polar surface area (TPSA) is 15.3 Å². The molecule has 2 aliphatic carbocycles. The summed E-state index contributed by atoms with van der Waals surface area (Å²) < 4.78 is 0. The smallest absolute Gasteiger partial charge is 0.0309 e. The molecule has 1 spiro atoms. The van der Waals surface area contributed by atoms with Gasteiger partial charge >= 0.3 is 0 Å². The van der Waals surface area contributed by atoms with Crippen molar-refractivity contribution in [1.82, 2.24) is 10.2 Å². The van der Waals surface area contributed by atoms with Gasteiger partial charge in [-0.05, 0) is 44.4 Å². The zero-order chi connectivity index (χ0) is 13.5.